The molecule has 0 atom stereocenters. The first-order valence-electron chi connectivity index (χ1n) is 4.58. The topological polar surface area (TPSA) is 55.1 Å². The summed E-state index contributed by atoms with van der Waals surface area (Å²) in [7, 11) is 0. The maximum absolute atomic E-state index is 10.7. The van der Waals surface area contributed by atoms with Gasteiger partial charge in [0, 0.05) is 4.88 Å². The summed E-state index contributed by atoms with van der Waals surface area (Å²) in [4.78, 5) is 12.0. The first-order valence-corrected chi connectivity index (χ1v) is 5.77. The van der Waals surface area contributed by atoms with E-state index in [4.69, 9.17) is 16.7 Å². The highest BCUT2D eigenvalue weighted by molar-refractivity contribution is 7.13. The molecule has 0 aliphatic carbocycles. The number of hydrogen-bond acceptors (Lipinski definition) is 3. The maximum Gasteiger partial charge on any atom is 0.345 e. The second-order valence-electron chi connectivity index (χ2n) is 3.31. The number of nitrogens with zero attached hydrogens (tertiary/aromatic N) is 2. The van der Waals surface area contributed by atoms with Gasteiger partial charge in [-0.2, -0.15) is 5.10 Å². The average Bonchev–Trinajstić information content (AvgIpc) is 2.81. The van der Waals surface area contributed by atoms with Gasteiger partial charge >= 0.3 is 5.97 Å². The molecule has 0 saturated heterocycles. The first kappa shape index (κ1) is 11.2. The zero-order valence-corrected chi connectivity index (χ0v) is 10.0. The average molecular weight is 257 g/mol. The van der Waals surface area contributed by atoms with Crippen LogP contribution in [-0.2, 0) is 6.54 Å². The Morgan fingerprint density at radius 3 is 2.88 bits per heavy atom. The Hall–Kier alpha value is -1.33. The highest BCUT2D eigenvalue weighted by Gasteiger charge is 2.09. The molecule has 0 fully saturated rings. The highest BCUT2D eigenvalue weighted by Crippen LogP contribution is 2.20. The monoisotopic (exact) mass is 256 g/mol. The van der Waals surface area contributed by atoms with Crippen LogP contribution < -0.4 is 0 Å². The van der Waals surface area contributed by atoms with E-state index in [9.17, 15) is 4.79 Å². The summed E-state index contributed by atoms with van der Waals surface area (Å²) in [5.41, 5.74) is 0.881. The lowest BCUT2D eigenvalue weighted by atomic mass is 10.4. The van der Waals surface area contributed by atoms with Crippen LogP contribution >= 0.6 is 22.9 Å². The third-order valence-corrected chi connectivity index (χ3v) is 3.65. The molecule has 2 aromatic rings. The van der Waals surface area contributed by atoms with Crippen LogP contribution in [0.3, 0.4) is 0 Å². The van der Waals surface area contributed by atoms with Crippen molar-refractivity contribution < 1.29 is 9.90 Å². The molecule has 16 heavy (non-hydrogen) atoms. The third-order valence-electron chi connectivity index (χ3n) is 2.22. The van der Waals surface area contributed by atoms with Crippen LogP contribution in [0.5, 0.6) is 0 Å². The fraction of sp³-hybridized carbons (Fsp3) is 0.200. The smallest absolute Gasteiger partial charge is 0.345 e. The van der Waals surface area contributed by atoms with Gasteiger partial charge in [0.15, 0.2) is 0 Å². The van der Waals surface area contributed by atoms with Gasteiger partial charge in [0.2, 0.25) is 0 Å². The molecule has 2 aromatic heterocycles. The Kier molecular flexibility index (Phi) is 2.98. The van der Waals surface area contributed by atoms with E-state index in [2.05, 4.69) is 5.10 Å². The number of halogens is 1. The molecule has 0 spiro atoms. The van der Waals surface area contributed by atoms with Crippen LogP contribution in [0.1, 0.15) is 20.2 Å². The summed E-state index contributed by atoms with van der Waals surface area (Å²) in [5.74, 6) is -0.897. The van der Waals surface area contributed by atoms with Gasteiger partial charge in [-0.15, -0.1) is 11.3 Å². The molecule has 6 heteroatoms. The van der Waals surface area contributed by atoms with Gasteiger partial charge in [0.25, 0.3) is 0 Å². The van der Waals surface area contributed by atoms with Crippen molar-refractivity contribution in [1.29, 1.82) is 0 Å². The molecule has 84 valence electrons. The molecule has 2 heterocycles. The van der Waals surface area contributed by atoms with E-state index < -0.39 is 5.97 Å². The number of hydrogen-bond donors (Lipinski definition) is 1. The quantitative estimate of drug-likeness (QED) is 0.919. The summed E-state index contributed by atoms with van der Waals surface area (Å²) in [6.45, 7) is 2.43. The van der Waals surface area contributed by atoms with Crippen LogP contribution in [0.25, 0.3) is 0 Å². The largest absolute Gasteiger partial charge is 0.477 e. The molecule has 0 aliphatic rings. The number of aromatic nitrogens is 2. The zero-order valence-electron chi connectivity index (χ0n) is 8.48. The number of thiophene rings is 1. The lowest BCUT2D eigenvalue weighted by Gasteiger charge is -2.01. The summed E-state index contributed by atoms with van der Waals surface area (Å²) in [5, 5.41) is 13.5. The Morgan fingerprint density at radius 2 is 2.38 bits per heavy atom. The third kappa shape index (κ3) is 2.10. The summed E-state index contributed by atoms with van der Waals surface area (Å²) >= 11 is 7.13. The van der Waals surface area contributed by atoms with Crippen LogP contribution in [0.4, 0.5) is 0 Å². The standard InChI is InChI=1S/C10H9ClN2O2S/c1-6-8(11)4-12-13(6)5-7-2-3-9(16-7)10(14)15/h2-4H,5H2,1H3,(H,14,15). The summed E-state index contributed by atoms with van der Waals surface area (Å²) in [6.07, 6.45) is 1.59. The molecule has 4 nitrogen and oxygen atoms in total. The molecule has 2 rings (SSSR count). The van der Waals surface area contributed by atoms with E-state index in [1.54, 1.807) is 23.0 Å². The maximum atomic E-state index is 10.7. The molecule has 1 N–H and O–H groups in total. The predicted molar refractivity (Wildman–Crippen MR) is 62.4 cm³/mol. The molecule has 0 aliphatic heterocycles. The Labute approximate surface area is 101 Å². The van der Waals surface area contributed by atoms with Gasteiger partial charge in [0.1, 0.15) is 4.88 Å². The van der Waals surface area contributed by atoms with Gasteiger partial charge in [-0.3, -0.25) is 4.68 Å². The molecular weight excluding hydrogens is 248 g/mol. The van der Waals surface area contributed by atoms with Gasteiger partial charge in [0.05, 0.1) is 23.5 Å². The molecule has 0 unspecified atom stereocenters. The van der Waals surface area contributed by atoms with E-state index in [1.807, 2.05) is 6.92 Å². The lowest BCUT2D eigenvalue weighted by molar-refractivity contribution is 0.0702. The SMILES string of the molecule is Cc1c(Cl)cnn1Cc1ccc(C(=O)O)s1. The van der Waals surface area contributed by atoms with Gasteiger partial charge in [-0.05, 0) is 19.1 Å². The molecule has 0 saturated carbocycles. The first-order chi connectivity index (χ1) is 7.58. The van der Waals surface area contributed by atoms with Crippen molar-refractivity contribution in [3.8, 4) is 0 Å². The number of aromatic carboxylic acids is 1. The van der Waals surface area contributed by atoms with Crippen molar-refractivity contribution in [2.24, 2.45) is 0 Å². The predicted octanol–water partition coefficient (Wildman–Crippen LogP) is 2.65. The minimum absolute atomic E-state index is 0.339. The summed E-state index contributed by atoms with van der Waals surface area (Å²) in [6, 6.07) is 3.39. The van der Waals surface area contributed by atoms with Gasteiger partial charge < -0.3 is 5.11 Å². The second kappa shape index (κ2) is 4.27. The van der Waals surface area contributed by atoms with E-state index >= 15 is 0 Å². The molecule has 0 radical (unpaired) electrons. The number of rotatable bonds is 3. The zero-order chi connectivity index (χ0) is 11.7. The minimum Gasteiger partial charge on any atom is -0.477 e. The van der Waals surface area contributed by atoms with E-state index in [0.29, 0.717) is 16.4 Å². The van der Waals surface area contributed by atoms with Crippen molar-refractivity contribution >= 4 is 28.9 Å². The van der Waals surface area contributed by atoms with Crippen molar-refractivity contribution in [2.75, 3.05) is 0 Å². The number of carboxylic acids is 1. The van der Waals surface area contributed by atoms with Crippen molar-refractivity contribution in [1.82, 2.24) is 9.78 Å². The lowest BCUT2D eigenvalue weighted by Crippen LogP contribution is -2.01. The minimum atomic E-state index is -0.897. The molecule has 0 amide bonds. The second-order valence-corrected chi connectivity index (χ2v) is 4.88. The van der Waals surface area contributed by atoms with Crippen LogP contribution in [0, 0.1) is 6.92 Å². The fourth-order valence-corrected chi connectivity index (χ4v) is 2.28. The van der Waals surface area contributed by atoms with Crippen LogP contribution in [0.15, 0.2) is 18.3 Å². The van der Waals surface area contributed by atoms with Gasteiger partial charge in [-0.1, -0.05) is 11.6 Å². The Balaban J connectivity index is 2.21. The van der Waals surface area contributed by atoms with Crippen molar-refractivity contribution in [3.63, 3.8) is 0 Å². The van der Waals surface area contributed by atoms with E-state index in [0.717, 1.165) is 10.6 Å². The number of carbonyl (C=O) groups is 1. The van der Waals surface area contributed by atoms with Crippen LogP contribution in [0.2, 0.25) is 5.02 Å². The van der Waals surface area contributed by atoms with E-state index in [1.165, 1.54) is 11.3 Å². The highest BCUT2D eigenvalue weighted by atomic mass is 35.5. The van der Waals surface area contributed by atoms with Crippen LogP contribution in [-0.4, -0.2) is 20.9 Å². The molecule has 0 aromatic carbocycles. The fourth-order valence-electron chi connectivity index (χ4n) is 1.31. The van der Waals surface area contributed by atoms with Crippen molar-refractivity contribution in [2.45, 2.75) is 13.5 Å². The number of carboxylic acid groups (broad SMARTS) is 1. The Morgan fingerprint density at radius 1 is 1.62 bits per heavy atom. The van der Waals surface area contributed by atoms with Crippen molar-refractivity contribution in [3.05, 3.63) is 38.8 Å². The van der Waals surface area contributed by atoms with Gasteiger partial charge in [-0.25, -0.2) is 4.79 Å². The molecular formula is C10H9ClN2O2S. The van der Waals surface area contributed by atoms with E-state index in [-0.39, 0.29) is 0 Å². The molecule has 0 bridgehead atoms. The summed E-state index contributed by atoms with van der Waals surface area (Å²) < 4.78 is 1.75. The Bertz CT molecular complexity index is 533. The normalized spacial score (nSPS) is 10.6.